The Hall–Kier alpha value is -3.23. The minimum absolute atomic E-state index is 0.0315. The van der Waals surface area contributed by atoms with Crippen molar-refractivity contribution in [3.05, 3.63) is 53.1 Å². The lowest BCUT2D eigenvalue weighted by molar-refractivity contribution is -0.614. The van der Waals surface area contributed by atoms with Crippen LogP contribution in [-0.4, -0.2) is 28.7 Å². The number of hydrogen-bond donors (Lipinski definition) is 1. The maximum atomic E-state index is 13.5. The van der Waals surface area contributed by atoms with E-state index in [-0.39, 0.29) is 24.6 Å². The molecule has 4 rings (SSSR count). The van der Waals surface area contributed by atoms with Crippen molar-refractivity contribution in [2.75, 3.05) is 12.4 Å². The van der Waals surface area contributed by atoms with Crippen LogP contribution in [0.2, 0.25) is 0 Å². The molecular weight excluding hydrogens is 394 g/mol. The van der Waals surface area contributed by atoms with E-state index in [2.05, 4.69) is 10.4 Å². The molecule has 1 fully saturated rings. The quantitative estimate of drug-likeness (QED) is 0.515. The number of halogens is 2. The Labute approximate surface area is 171 Å². The number of ether oxygens (including phenoxy) is 1. The van der Waals surface area contributed by atoms with Gasteiger partial charge in [-0.3, -0.25) is 9.48 Å². The second-order valence-corrected chi connectivity index (χ2v) is 7.61. The van der Waals surface area contributed by atoms with Crippen LogP contribution in [0.4, 0.5) is 14.5 Å². The Balaban J connectivity index is 1.62. The highest BCUT2D eigenvalue weighted by molar-refractivity contribution is 6.04. The van der Waals surface area contributed by atoms with Gasteiger partial charge in [-0.1, -0.05) is 0 Å². The lowest BCUT2D eigenvalue weighted by Crippen LogP contribution is -2.39. The first-order valence-electron chi connectivity index (χ1n) is 9.73. The van der Waals surface area contributed by atoms with E-state index in [1.165, 1.54) is 13.2 Å². The van der Waals surface area contributed by atoms with E-state index in [0.29, 0.717) is 40.2 Å². The summed E-state index contributed by atoms with van der Waals surface area (Å²) in [5.74, 6) is -2.77. The average molecular weight is 416 g/mol. The molecular formula is C21H22F2N4O3. The fourth-order valence-corrected chi connectivity index (χ4v) is 3.77. The van der Waals surface area contributed by atoms with Crippen molar-refractivity contribution < 1.29 is 23.0 Å². The van der Waals surface area contributed by atoms with Gasteiger partial charge in [0.2, 0.25) is 5.92 Å². The van der Waals surface area contributed by atoms with Crippen LogP contribution in [0.5, 0.6) is 5.75 Å². The van der Waals surface area contributed by atoms with Crippen molar-refractivity contribution in [3.63, 3.8) is 0 Å². The SMILES string of the molecule is COc1cc2nn(C3CCC(F)(F)CC3)cc2cc1NC(=O)c1cccc(C)[n+]1[O-]. The molecule has 7 nitrogen and oxygen atoms in total. The third-order valence-electron chi connectivity index (χ3n) is 5.52. The second-order valence-electron chi connectivity index (χ2n) is 7.61. The largest absolute Gasteiger partial charge is 0.618 e. The predicted octanol–water partition coefficient (Wildman–Crippen LogP) is 3.99. The summed E-state index contributed by atoms with van der Waals surface area (Å²) < 4.78 is 34.6. The molecule has 1 amide bonds. The summed E-state index contributed by atoms with van der Waals surface area (Å²) in [6, 6.07) is 7.99. The molecule has 158 valence electrons. The third kappa shape index (κ3) is 3.79. The Morgan fingerprint density at radius 1 is 1.33 bits per heavy atom. The number of aromatic nitrogens is 3. The Kier molecular flexibility index (Phi) is 5.05. The van der Waals surface area contributed by atoms with Crippen LogP contribution in [0.1, 0.15) is 47.9 Å². The van der Waals surface area contributed by atoms with E-state index in [4.69, 9.17) is 4.74 Å². The number of nitrogens with zero attached hydrogens (tertiary/aromatic N) is 3. The van der Waals surface area contributed by atoms with Gasteiger partial charge >= 0.3 is 5.91 Å². The standard InChI is InChI=1S/C21H22F2N4O3/c1-13-4-3-5-18(27(13)29)20(28)24-17-10-14-12-26(25-16(14)11-19(17)30-2)15-6-8-21(22,23)9-7-15/h3-5,10-12,15H,6-9H2,1-2H3,(H,24,28). The van der Waals surface area contributed by atoms with Crippen LogP contribution >= 0.6 is 0 Å². The van der Waals surface area contributed by atoms with Crippen LogP contribution in [0.3, 0.4) is 0 Å². The highest BCUT2D eigenvalue weighted by Gasteiger charge is 2.35. The number of fused-ring (bicyclic) bond motifs is 1. The molecule has 0 saturated heterocycles. The van der Waals surface area contributed by atoms with Gasteiger partial charge in [0.25, 0.3) is 5.69 Å². The van der Waals surface area contributed by atoms with Gasteiger partial charge in [-0.25, -0.2) is 8.78 Å². The van der Waals surface area contributed by atoms with E-state index in [1.807, 2.05) is 0 Å². The smallest absolute Gasteiger partial charge is 0.321 e. The zero-order chi connectivity index (χ0) is 21.5. The van der Waals surface area contributed by atoms with Gasteiger partial charge in [0.1, 0.15) is 5.75 Å². The molecule has 1 aliphatic carbocycles. The number of rotatable bonds is 4. The number of carbonyl (C=O) groups excluding carboxylic acids is 1. The summed E-state index contributed by atoms with van der Waals surface area (Å²) in [6.07, 6.45) is 2.21. The zero-order valence-corrected chi connectivity index (χ0v) is 16.7. The Bertz CT molecular complexity index is 1100. The van der Waals surface area contributed by atoms with E-state index in [0.717, 1.165) is 5.39 Å². The molecule has 1 N–H and O–H groups in total. The van der Waals surface area contributed by atoms with Crippen LogP contribution in [0, 0.1) is 12.1 Å². The number of carbonyl (C=O) groups is 1. The fourth-order valence-electron chi connectivity index (χ4n) is 3.77. The number of hydrogen-bond acceptors (Lipinski definition) is 4. The number of methoxy groups -OCH3 is 1. The molecule has 3 aromatic rings. The maximum Gasteiger partial charge on any atom is 0.321 e. The van der Waals surface area contributed by atoms with Crippen LogP contribution in [-0.2, 0) is 0 Å². The summed E-state index contributed by atoms with van der Waals surface area (Å²) in [7, 11) is 1.47. The minimum Gasteiger partial charge on any atom is -0.618 e. The first kappa shape index (κ1) is 20.1. The molecule has 1 saturated carbocycles. The summed E-state index contributed by atoms with van der Waals surface area (Å²) >= 11 is 0. The highest BCUT2D eigenvalue weighted by Crippen LogP contribution is 2.39. The fraction of sp³-hybridized carbons (Fsp3) is 0.381. The molecule has 0 atom stereocenters. The first-order valence-corrected chi connectivity index (χ1v) is 9.73. The molecule has 0 unspecified atom stereocenters. The monoisotopic (exact) mass is 416 g/mol. The lowest BCUT2D eigenvalue weighted by atomic mass is 9.92. The summed E-state index contributed by atoms with van der Waals surface area (Å²) in [4.78, 5) is 12.6. The van der Waals surface area contributed by atoms with Gasteiger partial charge in [-0.05, 0) is 25.0 Å². The van der Waals surface area contributed by atoms with Gasteiger partial charge in [-0.2, -0.15) is 9.83 Å². The Morgan fingerprint density at radius 2 is 2.07 bits per heavy atom. The minimum atomic E-state index is -2.60. The molecule has 0 bridgehead atoms. The maximum absolute atomic E-state index is 13.5. The van der Waals surface area contributed by atoms with Crippen molar-refractivity contribution in [1.29, 1.82) is 0 Å². The summed E-state index contributed by atoms with van der Waals surface area (Å²) in [5.41, 5.74) is 1.41. The summed E-state index contributed by atoms with van der Waals surface area (Å²) in [6.45, 7) is 1.62. The topological polar surface area (TPSA) is 83.1 Å². The van der Waals surface area contributed by atoms with Crippen LogP contribution in [0.15, 0.2) is 36.5 Å². The van der Waals surface area contributed by atoms with E-state index >= 15 is 0 Å². The highest BCUT2D eigenvalue weighted by atomic mass is 19.3. The van der Waals surface area contributed by atoms with Crippen molar-refractivity contribution in [2.24, 2.45) is 0 Å². The molecule has 0 aliphatic heterocycles. The van der Waals surface area contributed by atoms with Crippen molar-refractivity contribution in [1.82, 2.24) is 9.78 Å². The molecule has 2 aromatic heterocycles. The number of amides is 1. The summed E-state index contributed by atoms with van der Waals surface area (Å²) in [5, 5.41) is 20.1. The zero-order valence-electron chi connectivity index (χ0n) is 16.7. The normalized spacial score (nSPS) is 16.5. The van der Waals surface area contributed by atoms with E-state index in [1.54, 1.807) is 42.1 Å². The third-order valence-corrected chi connectivity index (χ3v) is 5.52. The van der Waals surface area contributed by atoms with Crippen LogP contribution in [0.25, 0.3) is 10.9 Å². The molecule has 1 aromatic carbocycles. The van der Waals surface area contributed by atoms with Gasteiger partial charge in [0, 0.05) is 49.5 Å². The molecule has 30 heavy (non-hydrogen) atoms. The van der Waals surface area contributed by atoms with Gasteiger partial charge in [0.05, 0.1) is 24.4 Å². The second kappa shape index (κ2) is 7.55. The number of benzene rings is 1. The van der Waals surface area contributed by atoms with Crippen molar-refractivity contribution in [2.45, 2.75) is 44.6 Å². The van der Waals surface area contributed by atoms with Gasteiger partial charge in [-0.15, -0.1) is 0 Å². The van der Waals surface area contributed by atoms with Gasteiger partial charge in [0.15, 0.2) is 5.69 Å². The number of alkyl halides is 2. The number of anilines is 1. The first-order chi connectivity index (χ1) is 14.3. The number of pyridine rings is 1. The van der Waals surface area contributed by atoms with Crippen molar-refractivity contribution in [3.8, 4) is 5.75 Å². The molecule has 0 radical (unpaired) electrons. The number of aryl methyl sites for hydroxylation is 1. The average Bonchev–Trinajstić information content (AvgIpc) is 3.12. The molecule has 2 heterocycles. The van der Waals surface area contributed by atoms with E-state index in [9.17, 15) is 18.8 Å². The predicted molar refractivity (Wildman–Crippen MR) is 107 cm³/mol. The molecule has 0 spiro atoms. The van der Waals surface area contributed by atoms with Crippen LogP contribution < -0.4 is 14.8 Å². The molecule has 9 heteroatoms. The molecule has 1 aliphatic rings. The van der Waals surface area contributed by atoms with Gasteiger partial charge < -0.3 is 15.3 Å². The van der Waals surface area contributed by atoms with Crippen molar-refractivity contribution >= 4 is 22.5 Å². The number of nitrogens with one attached hydrogen (secondary N) is 1. The lowest BCUT2D eigenvalue weighted by Gasteiger charge is -2.28. The van der Waals surface area contributed by atoms with E-state index < -0.39 is 11.8 Å². The Morgan fingerprint density at radius 3 is 2.77 bits per heavy atom.